The van der Waals surface area contributed by atoms with Crippen LogP contribution in [0.5, 0.6) is 0 Å². The summed E-state index contributed by atoms with van der Waals surface area (Å²) < 4.78 is 139. The Bertz CT molecular complexity index is 1480. The van der Waals surface area contributed by atoms with Gasteiger partial charge in [-0.05, 0) is 63.1 Å². The average Bonchev–Trinajstić information content (AvgIpc) is 3.71. The van der Waals surface area contributed by atoms with Gasteiger partial charge in [0, 0.05) is 12.7 Å². The van der Waals surface area contributed by atoms with Crippen molar-refractivity contribution in [2.24, 2.45) is 11.1 Å². The van der Waals surface area contributed by atoms with Crippen molar-refractivity contribution in [1.82, 2.24) is 4.90 Å². The number of nitrogens with two attached hydrogens (primary N) is 1. The van der Waals surface area contributed by atoms with Crippen LogP contribution in [0.4, 0.5) is 61.0 Å². The molecule has 17 heteroatoms. The second-order valence-corrected chi connectivity index (χ2v) is 11.1. The van der Waals surface area contributed by atoms with E-state index in [9.17, 15) is 58.3 Å². The van der Waals surface area contributed by atoms with E-state index in [1.54, 1.807) is 0 Å². The lowest BCUT2D eigenvalue weighted by molar-refractivity contribution is -0.203. The maximum absolute atomic E-state index is 14.4. The van der Waals surface area contributed by atoms with Gasteiger partial charge in [-0.3, -0.25) is 14.4 Å². The Hall–Kier alpha value is -4.05. The van der Waals surface area contributed by atoms with Crippen LogP contribution < -0.4 is 15.5 Å². The minimum absolute atomic E-state index is 0.159. The number of halogens is 10. The first-order chi connectivity index (χ1) is 19.9. The van der Waals surface area contributed by atoms with E-state index >= 15 is 0 Å². The van der Waals surface area contributed by atoms with Gasteiger partial charge in [0.15, 0.2) is 0 Å². The maximum atomic E-state index is 14.4. The van der Waals surface area contributed by atoms with Gasteiger partial charge < -0.3 is 20.4 Å². The number of rotatable bonds is 5. The number of primary amides is 1. The highest BCUT2D eigenvalue weighted by Gasteiger charge is 2.71. The number of hydrogen-bond donors (Lipinski definition) is 1. The normalized spacial score (nSPS) is 18.9. The molecule has 2 aromatic rings. The van der Waals surface area contributed by atoms with E-state index in [1.165, 1.54) is 0 Å². The fourth-order valence-electron chi connectivity index (χ4n) is 5.09. The van der Waals surface area contributed by atoms with Crippen molar-refractivity contribution in [2.45, 2.75) is 56.8 Å². The minimum Gasteiger partial charge on any atom is -0.368 e. The van der Waals surface area contributed by atoms with Crippen LogP contribution in [-0.4, -0.2) is 54.0 Å². The number of carbonyl (C=O) groups is 3. The zero-order valence-corrected chi connectivity index (χ0v) is 23.1. The van der Waals surface area contributed by atoms with E-state index in [2.05, 4.69) is 0 Å². The van der Waals surface area contributed by atoms with Crippen LogP contribution in [0, 0.1) is 11.2 Å². The lowest BCUT2D eigenvalue weighted by atomic mass is 9.93. The first-order valence-corrected chi connectivity index (χ1v) is 12.8. The molecular weight excluding hydrogens is 618 g/mol. The number of alkyl halides is 9. The molecule has 0 spiro atoms. The molecule has 1 heterocycles. The predicted molar refractivity (Wildman–Crippen MR) is 135 cm³/mol. The number of carbonyl (C=O) groups excluding carboxylic acids is 3. The number of benzene rings is 2. The number of anilines is 3. The molecule has 1 aliphatic carbocycles. The molecule has 0 unspecified atom stereocenters. The molecule has 0 saturated heterocycles. The summed E-state index contributed by atoms with van der Waals surface area (Å²) in [5.74, 6) is -5.31. The molecule has 0 radical (unpaired) electrons. The molecule has 44 heavy (non-hydrogen) atoms. The first kappa shape index (κ1) is 32.9. The van der Waals surface area contributed by atoms with Gasteiger partial charge in [-0.2, -0.15) is 39.5 Å². The number of fused-ring (bicyclic) bond motifs is 1. The van der Waals surface area contributed by atoms with Gasteiger partial charge in [-0.1, -0.05) is 0 Å². The van der Waals surface area contributed by atoms with Gasteiger partial charge in [-0.15, -0.1) is 0 Å². The van der Waals surface area contributed by atoms with Crippen LogP contribution in [-0.2, 0) is 26.7 Å². The van der Waals surface area contributed by atoms with Crippen LogP contribution >= 0.6 is 0 Å². The molecule has 2 N–H and O–H groups in total. The van der Waals surface area contributed by atoms with Gasteiger partial charge in [0.25, 0.3) is 5.91 Å². The zero-order chi connectivity index (χ0) is 33.4. The lowest BCUT2D eigenvalue weighted by Gasteiger charge is -2.44. The van der Waals surface area contributed by atoms with Crippen molar-refractivity contribution >= 4 is 34.8 Å². The van der Waals surface area contributed by atoms with Crippen LogP contribution in [0.1, 0.15) is 37.8 Å². The SMILES string of the molecule is CN1C(=O)[C@@H](N(C(=O)C2(C(F)(F)F)CC2)C(C)(C)C(N)=O)CN(c2cc(C(F)(F)F)cc(C(F)(F)F)c2)c2ccc(F)cc21. The van der Waals surface area contributed by atoms with Crippen LogP contribution in [0.25, 0.3) is 0 Å². The Balaban J connectivity index is 2.02. The van der Waals surface area contributed by atoms with Crippen LogP contribution in [0.15, 0.2) is 36.4 Å². The van der Waals surface area contributed by atoms with Gasteiger partial charge in [0.05, 0.1) is 29.0 Å². The van der Waals surface area contributed by atoms with E-state index in [0.29, 0.717) is 17.0 Å². The molecular formula is C27H24F10N4O3. The second-order valence-electron chi connectivity index (χ2n) is 11.1. The van der Waals surface area contributed by atoms with Crippen LogP contribution in [0.3, 0.4) is 0 Å². The van der Waals surface area contributed by atoms with Crippen molar-refractivity contribution in [3.8, 4) is 0 Å². The van der Waals surface area contributed by atoms with E-state index in [1.807, 2.05) is 0 Å². The minimum atomic E-state index is -5.31. The molecule has 240 valence electrons. The van der Waals surface area contributed by atoms with Gasteiger partial charge >= 0.3 is 18.5 Å². The molecule has 1 saturated carbocycles. The highest BCUT2D eigenvalue weighted by Crippen LogP contribution is 2.59. The fourth-order valence-corrected chi connectivity index (χ4v) is 5.09. The summed E-state index contributed by atoms with van der Waals surface area (Å²) >= 11 is 0. The van der Waals surface area contributed by atoms with E-state index in [0.717, 1.165) is 44.0 Å². The third kappa shape index (κ3) is 5.51. The summed E-state index contributed by atoms with van der Waals surface area (Å²) in [4.78, 5) is 41.7. The Morgan fingerprint density at radius 1 is 0.886 bits per heavy atom. The van der Waals surface area contributed by atoms with Crippen molar-refractivity contribution in [2.75, 3.05) is 23.4 Å². The largest absolute Gasteiger partial charge is 0.416 e. The highest BCUT2D eigenvalue weighted by molar-refractivity contribution is 6.06. The lowest BCUT2D eigenvalue weighted by Crippen LogP contribution is -2.67. The predicted octanol–water partition coefficient (Wildman–Crippen LogP) is 5.78. The standard InChI is InChI=1S/C27H24F10N4O3/c1-23(2,21(38)43)41(22(44)24(6-7-24)27(35,36)37)19-12-40(17-5-4-15(28)11-18(17)39(3)20(19)42)16-9-13(25(29,30)31)8-14(10-16)26(32,33)34/h4-5,8-11,19H,6-7,12H2,1-3H3,(H2,38,43)/t19-/m0/s1. The average molecular weight is 642 g/mol. The van der Waals surface area contributed by atoms with Gasteiger partial charge in [0.2, 0.25) is 11.8 Å². The third-order valence-electron chi connectivity index (χ3n) is 7.88. The molecule has 0 aromatic heterocycles. The molecule has 1 aliphatic heterocycles. The van der Waals surface area contributed by atoms with E-state index in [4.69, 9.17) is 5.73 Å². The fraction of sp³-hybridized carbons (Fsp3) is 0.444. The number of hydrogen-bond acceptors (Lipinski definition) is 4. The summed E-state index contributed by atoms with van der Waals surface area (Å²) in [5.41, 5.74) is -4.99. The topological polar surface area (TPSA) is 87.0 Å². The van der Waals surface area contributed by atoms with Gasteiger partial charge in [-0.25, -0.2) is 4.39 Å². The molecule has 2 aliphatic rings. The highest BCUT2D eigenvalue weighted by atomic mass is 19.4. The first-order valence-electron chi connectivity index (χ1n) is 12.8. The second kappa shape index (κ2) is 10.3. The van der Waals surface area contributed by atoms with Crippen LogP contribution in [0.2, 0.25) is 0 Å². The van der Waals surface area contributed by atoms with E-state index < -0.39 is 101 Å². The summed E-state index contributed by atoms with van der Waals surface area (Å²) in [7, 11) is 1.01. The van der Waals surface area contributed by atoms with Crippen molar-refractivity contribution in [1.29, 1.82) is 0 Å². The molecule has 7 nitrogen and oxygen atoms in total. The Morgan fingerprint density at radius 3 is 1.84 bits per heavy atom. The monoisotopic (exact) mass is 642 g/mol. The van der Waals surface area contributed by atoms with Gasteiger partial charge in [0.1, 0.15) is 22.8 Å². The quantitative estimate of drug-likeness (QED) is 0.419. The molecule has 2 aromatic carbocycles. The zero-order valence-electron chi connectivity index (χ0n) is 23.1. The molecule has 1 fully saturated rings. The smallest absolute Gasteiger partial charge is 0.368 e. The third-order valence-corrected chi connectivity index (χ3v) is 7.88. The molecule has 4 rings (SSSR count). The van der Waals surface area contributed by atoms with Crippen molar-refractivity contribution in [3.63, 3.8) is 0 Å². The summed E-state index contributed by atoms with van der Waals surface area (Å²) in [6, 6.07) is 0.764. The maximum Gasteiger partial charge on any atom is 0.416 e. The Labute approximate surface area is 243 Å². The summed E-state index contributed by atoms with van der Waals surface area (Å²) in [6.07, 6.45) is -17.2. The van der Waals surface area contributed by atoms with Crippen molar-refractivity contribution < 1.29 is 58.3 Å². The molecule has 3 amide bonds. The summed E-state index contributed by atoms with van der Waals surface area (Å²) in [6.45, 7) is 0.846. The van der Waals surface area contributed by atoms with Crippen molar-refractivity contribution in [3.05, 3.63) is 53.3 Å². The Kier molecular flexibility index (Phi) is 7.66. The molecule has 0 bridgehead atoms. The molecule has 1 atom stereocenters. The van der Waals surface area contributed by atoms with E-state index in [-0.39, 0.29) is 16.7 Å². The summed E-state index contributed by atoms with van der Waals surface area (Å²) in [5, 5.41) is 0. The Morgan fingerprint density at radius 2 is 1.41 bits per heavy atom. The number of amides is 3. The number of nitrogens with zero attached hydrogens (tertiary/aromatic N) is 3. The number of likely N-dealkylation sites (N-methyl/N-ethyl adjacent to an activating group) is 1.